The average molecular weight is 428 g/mol. The Bertz CT molecular complexity index is 701. The van der Waals surface area contributed by atoms with E-state index < -0.39 is 0 Å². The van der Waals surface area contributed by atoms with Gasteiger partial charge < -0.3 is 10.6 Å². The van der Waals surface area contributed by atoms with Gasteiger partial charge in [-0.05, 0) is 36.4 Å². The smallest absolute Gasteiger partial charge is 0.258 e. The molecule has 0 fully saturated rings. The number of amides is 1. The molecule has 0 aromatic heterocycles. The maximum Gasteiger partial charge on any atom is 0.258 e. The van der Waals surface area contributed by atoms with Crippen LogP contribution in [0.3, 0.4) is 0 Å². The summed E-state index contributed by atoms with van der Waals surface area (Å²) in [6.45, 7) is 0.685. The zero-order chi connectivity index (χ0) is 15.0. The summed E-state index contributed by atoms with van der Waals surface area (Å²) in [7, 11) is 0. The summed E-state index contributed by atoms with van der Waals surface area (Å²) in [5.41, 5.74) is 8.08. The van der Waals surface area contributed by atoms with Gasteiger partial charge in [0, 0.05) is 37.4 Å². The first kappa shape index (κ1) is 14.9. The quantitative estimate of drug-likeness (QED) is 0.679. The standard InChI is InChI=1S/C15H12Br2N2OS/c16-10-5-9(6-11(17)7-10)15(20)19-3-4-21-14-2-1-12(18)8-13(14)19/h1-2,5-8H,3-4,18H2. The number of carbonyl (C=O) groups is 1. The predicted octanol–water partition coefficient (Wildman–Crippen LogP) is 4.55. The van der Waals surface area contributed by atoms with Crippen molar-refractivity contribution in [1.82, 2.24) is 0 Å². The fourth-order valence-corrected chi connectivity index (χ4v) is 4.55. The largest absolute Gasteiger partial charge is 0.399 e. The van der Waals surface area contributed by atoms with Crippen LogP contribution in [0.5, 0.6) is 0 Å². The van der Waals surface area contributed by atoms with Gasteiger partial charge in [0.15, 0.2) is 0 Å². The molecular weight excluding hydrogens is 416 g/mol. The maximum atomic E-state index is 12.8. The third-order valence-electron chi connectivity index (χ3n) is 3.20. The van der Waals surface area contributed by atoms with Gasteiger partial charge in [-0.25, -0.2) is 0 Å². The van der Waals surface area contributed by atoms with Crippen molar-refractivity contribution in [2.45, 2.75) is 4.90 Å². The molecule has 1 aliphatic heterocycles. The van der Waals surface area contributed by atoms with E-state index in [1.807, 2.05) is 36.4 Å². The lowest BCUT2D eigenvalue weighted by Gasteiger charge is -2.29. The summed E-state index contributed by atoms with van der Waals surface area (Å²) in [6, 6.07) is 11.3. The van der Waals surface area contributed by atoms with Crippen LogP contribution >= 0.6 is 43.6 Å². The second-order valence-electron chi connectivity index (χ2n) is 4.69. The molecule has 6 heteroatoms. The van der Waals surface area contributed by atoms with E-state index in [0.717, 1.165) is 25.3 Å². The van der Waals surface area contributed by atoms with Gasteiger partial charge in [0.1, 0.15) is 0 Å². The molecule has 0 bridgehead atoms. The molecule has 1 aliphatic rings. The van der Waals surface area contributed by atoms with Crippen molar-refractivity contribution in [2.75, 3.05) is 22.9 Å². The Kier molecular flexibility index (Phi) is 4.28. The van der Waals surface area contributed by atoms with Gasteiger partial charge >= 0.3 is 0 Å². The van der Waals surface area contributed by atoms with Crippen LogP contribution in [0, 0.1) is 0 Å². The molecule has 2 aromatic rings. The van der Waals surface area contributed by atoms with Crippen LogP contribution in [0.1, 0.15) is 10.4 Å². The molecule has 0 aliphatic carbocycles. The fraction of sp³-hybridized carbons (Fsp3) is 0.133. The molecule has 0 unspecified atom stereocenters. The molecule has 0 radical (unpaired) electrons. The number of nitrogen functional groups attached to an aromatic ring is 1. The topological polar surface area (TPSA) is 46.3 Å². The maximum absolute atomic E-state index is 12.8. The number of halogens is 2. The SMILES string of the molecule is Nc1ccc2c(c1)N(C(=O)c1cc(Br)cc(Br)c1)CCS2. The zero-order valence-corrected chi connectivity index (χ0v) is 15.0. The van der Waals surface area contributed by atoms with Crippen molar-refractivity contribution in [1.29, 1.82) is 0 Å². The fourth-order valence-electron chi connectivity index (χ4n) is 2.28. The molecule has 0 saturated carbocycles. The first-order valence-electron chi connectivity index (χ1n) is 6.35. The van der Waals surface area contributed by atoms with Gasteiger partial charge in [-0.15, -0.1) is 11.8 Å². The summed E-state index contributed by atoms with van der Waals surface area (Å²) < 4.78 is 1.75. The van der Waals surface area contributed by atoms with Gasteiger partial charge in [0.25, 0.3) is 5.91 Å². The first-order chi connectivity index (χ1) is 10.0. The molecule has 108 valence electrons. The van der Waals surface area contributed by atoms with Crippen molar-refractivity contribution < 1.29 is 4.79 Å². The normalized spacial score (nSPS) is 13.9. The summed E-state index contributed by atoms with van der Waals surface area (Å²) in [5.74, 6) is 0.877. The minimum absolute atomic E-state index is 0.0100. The number of hydrogen-bond acceptors (Lipinski definition) is 3. The van der Waals surface area contributed by atoms with Crippen molar-refractivity contribution >= 4 is 60.9 Å². The van der Waals surface area contributed by atoms with Gasteiger partial charge in [-0.1, -0.05) is 31.9 Å². The Morgan fingerprint density at radius 3 is 2.57 bits per heavy atom. The van der Waals surface area contributed by atoms with E-state index in [9.17, 15) is 4.79 Å². The van der Waals surface area contributed by atoms with Crippen LogP contribution in [0.25, 0.3) is 0 Å². The Morgan fingerprint density at radius 2 is 1.86 bits per heavy atom. The molecule has 2 aromatic carbocycles. The van der Waals surface area contributed by atoms with E-state index in [-0.39, 0.29) is 5.91 Å². The van der Waals surface area contributed by atoms with E-state index in [2.05, 4.69) is 31.9 Å². The number of benzene rings is 2. The highest BCUT2D eigenvalue weighted by Gasteiger charge is 2.24. The molecule has 3 rings (SSSR count). The zero-order valence-electron chi connectivity index (χ0n) is 11.0. The molecule has 1 heterocycles. The number of anilines is 2. The third kappa shape index (κ3) is 3.12. The lowest BCUT2D eigenvalue weighted by molar-refractivity contribution is 0.0987. The van der Waals surface area contributed by atoms with E-state index in [1.54, 1.807) is 16.7 Å². The van der Waals surface area contributed by atoms with E-state index in [4.69, 9.17) is 5.73 Å². The molecule has 21 heavy (non-hydrogen) atoms. The van der Waals surface area contributed by atoms with Crippen LogP contribution in [-0.4, -0.2) is 18.2 Å². The lowest BCUT2D eigenvalue weighted by atomic mass is 10.1. The number of thioether (sulfide) groups is 1. The van der Waals surface area contributed by atoms with E-state index >= 15 is 0 Å². The van der Waals surface area contributed by atoms with E-state index in [0.29, 0.717) is 17.8 Å². The number of hydrogen-bond donors (Lipinski definition) is 1. The van der Waals surface area contributed by atoms with Crippen molar-refractivity contribution in [3.8, 4) is 0 Å². The van der Waals surface area contributed by atoms with Crippen molar-refractivity contribution in [3.05, 3.63) is 50.9 Å². The molecule has 3 nitrogen and oxygen atoms in total. The minimum atomic E-state index is -0.0100. The number of rotatable bonds is 1. The molecular formula is C15H12Br2N2OS. The highest BCUT2D eigenvalue weighted by atomic mass is 79.9. The first-order valence-corrected chi connectivity index (χ1v) is 8.92. The van der Waals surface area contributed by atoms with Gasteiger partial charge in [-0.2, -0.15) is 0 Å². The Morgan fingerprint density at radius 1 is 1.14 bits per heavy atom. The summed E-state index contributed by atoms with van der Waals surface area (Å²) in [6.07, 6.45) is 0. The van der Waals surface area contributed by atoms with Crippen molar-refractivity contribution in [3.63, 3.8) is 0 Å². The van der Waals surface area contributed by atoms with Crippen LogP contribution in [-0.2, 0) is 0 Å². The summed E-state index contributed by atoms with van der Waals surface area (Å²) >= 11 is 8.60. The molecule has 0 saturated heterocycles. The Balaban J connectivity index is 2.01. The predicted molar refractivity (Wildman–Crippen MR) is 95.1 cm³/mol. The third-order valence-corrected chi connectivity index (χ3v) is 5.16. The number of carbonyl (C=O) groups excluding carboxylic acids is 1. The minimum Gasteiger partial charge on any atom is -0.399 e. The van der Waals surface area contributed by atoms with Crippen molar-refractivity contribution in [2.24, 2.45) is 0 Å². The lowest BCUT2D eigenvalue weighted by Crippen LogP contribution is -2.35. The monoisotopic (exact) mass is 426 g/mol. The second-order valence-corrected chi connectivity index (χ2v) is 7.66. The van der Waals surface area contributed by atoms with Crippen LogP contribution in [0.2, 0.25) is 0 Å². The highest BCUT2D eigenvalue weighted by molar-refractivity contribution is 9.11. The number of nitrogens with zero attached hydrogens (tertiary/aromatic N) is 1. The second kappa shape index (κ2) is 6.02. The Labute approximate surface area is 144 Å². The average Bonchev–Trinajstić information content (AvgIpc) is 2.44. The Hall–Kier alpha value is -0.980. The van der Waals surface area contributed by atoms with Crippen LogP contribution in [0.15, 0.2) is 50.2 Å². The van der Waals surface area contributed by atoms with Gasteiger partial charge in [-0.3, -0.25) is 4.79 Å². The molecule has 0 atom stereocenters. The van der Waals surface area contributed by atoms with Crippen LogP contribution < -0.4 is 10.6 Å². The summed E-state index contributed by atoms with van der Waals surface area (Å²) in [4.78, 5) is 15.7. The number of nitrogens with two attached hydrogens (primary N) is 1. The molecule has 2 N–H and O–H groups in total. The highest BCUT2D eigenvalue weighted by Crippen LogP contribution is 2.37. The molecule has 0 spiro atoms. The van der Waals surface area contributed by atoms with Gasteiger partial charge in [0.2, 0.25) is 0 Å². The molecule has 1 amide bonds. The van der Waals surface area contributed by atoms with E-state index in [1.165, 1.54) is 0 Å². The summed E-state index contributed by atoms with van der Waals surface area (Å²) in [5, 5.41) is 0. The van der Waals surface area contributed by atoms with Gasteiger partial charge in [0.05, 0.1) is 5.69 Å². The number of fused-ring (bicyclic) bond motifs is 1. The van der Waals surface area contributed by atoms with Crippen LogP contribution in [0.4, 0.5) is 11.4 Å².